The summed E-state index contributed by atoms with van der Waals surface area (Å²) in [4.78, 5) is 13.3. The van der Waals surface area contributed by atoms with Crippen molar-refractivity contribution < 1.29 is 4.79 Å². The van der Waals surface area contributed by atoms with E-state index >= 15 is 0 Å². The zero-order valence-electron chi connectivity index (χ0n) is 8.09. The van der Waals surface area contributed by atoms with E-state index in [1.165, 1.54) is 14.8 Å². The Hall–Kier alpha value is -0.580. The Kier molecular flexibility index (Phi) is 2.76. The lowest BCUT2D eigenvalue weighted by Gasteiger charge is -2.19. The molecule has 0 spiro atoms. The van der Waals surface area contributed by atoms with Gasteiger partial charge in [-0.05, 0) is 47.2 Å². The average molecular weight is 301 g/mol. The summed E-state index contributed by atoms with van der Waals surface area (Å²) in [6.45, 7) is 3.55. The maximum atomic E-state index is 11.2. The summed E-state index contributed by atoms with van der Waals surface area (Å²) in [5.74, 6) is 0.350. The second kappa shape index (κ2) is 3.88. The molecule has 1 aliphatic rings. The number of ketones is 1. The molecule has 1 aromatic rings. The highest BCUT2D eigenvalue weighted by Gasteiger charge is 2.20. The summed E-state index contributed by atoms with van der Waals surface area (Å²) in [6, 6.07) is 6.35. The van der Waals surface area contributed by atoms with E-state index in [2.05, 4.69) is 52.6 Å². The highest BCUT2D eigenvalue weighted by molar-refractivity contribution is 14.1. The number of carbonyl (C=O) groups excluding carboxylic acids is 1. The van der Waals surface area contributed by atoms with Gasteiger partial charge in [-0.25, -0.2) is 0 Å². The summed E-state index contributed by atoms with van der Waals surface area (Å²) in [7, 11) is 0. The number of rotatable bonds is 1. The molecule has 0 saturated carbocycles. The fraction of sp³-hybridized carbons (Fsp3) is 0.364. The zero-order valence-corrected chi connectivity index (χ0v) is 10.2. The van der Waals surface area contributed by atoms with Gasteiger partial charge < -0.3 is 4.90 Å². The van der Waals surface area contributed by atoms with Crippen LogP contribution in [0.2, 0.25) is 0 Å². The van der Waals surface area contributed by atoms with Gasteiger partial charge in [0, 0.05) is 22.2 Å². The largest absolute Gasteiger partial charge is 0.364 e. The van der Waals surface area contributed by atoms with Gasteiger partial charge in [-0.2, -0.15) is 0 Å². The van der Waals surface area contributed by atoms with Crippen LogP contribution in [0.3, 0.4) is 0 Å². The fourth-order valence-corrected chi connectivity index (χ4v) is 2.23. The predicted molar refractivity (Wildman–Crippen MR) is 65.7 cm³/mol. The van der Waals surface area contributed by atoms with Crippen molar-refractivity contribution >= 4 is 34.1 Å². The third kappa shape index (κ3) is 1.92. The first-order valence-corrected chi connectivity index (χ1v) is 5.77. The maximum Gasteiger partial charge on any atom is 0.153 e. The molecule has 0 bridgehead atoms. The van der Waals surface area contributed by atoms with Crippen molar-refractivity contribution in [3.63, 3.8) is 0 Å². The Bertz CT molecular complexity index is 376. The van der Waals surface area contributed by atoms with Crippen molar-refractivity contribution in [2.24, 2.45) is 0 Å². The van der Waals surface area contributed by atoms with Crippen LogP contribution in [0.25, 0.3) is 0 Å². The van der Waals surface area contributed by atoms with E-state index in [-0.39, 0.29) is 0 Å². The second-order valence-electron chi connectivity index (χ2n) is 3.64. The topological polar surface area (TPSA) is 20.3 Å². The van der Waals surface area contributed by atoms with Crippen LogP contribution in [-0.4, -0.2) is 18.9 Å². The van der Waals surface area contributed by atoms with Crippen LogP contribution in [0, 0.1) is 10.5 Å². The van der Waals surface area contributed by atoms with Crippen LogP contribution in [0.4, 0.5) is 5.69 Å². The van der Waals surface area contributed by atoms with Crippen LogP contribution in [0.15, 0.2) is 18.2 Å². The van der Waals surface area contributed by atoms with Gasteiger partial charge >= 0.3 is 0 Å². The Morgan fingerprint density at radius 3 is 2.86 bits per heavy atom. The number of hydrogen-bond donors (Lipinski definition) is 0. The molecule has 0 radical (unpaired) electrons. The lowest BCUT2D eigenvalue weighted by molar-refractivity contribution is -0.116. The number of carbonyl (C=O) groups is 1. The first-order chi connectivity index (χ1) is 6.66. The number of nitrogens with zero attached hydrogens (tertiary/aromatic N) is 1. The lowest BCUT2D eigenvalue weighted by atomic mass is 10.2. The lowest BCUT2D eigenvalue weighted by Crippen LogP contribution is -2.20. The number of halogens is 1. The van der Waals surface area contributed by atoms with Crippen LogP contribution in [0.5, 0.6) is 0 Å². The van der Waals surface area contributed by atoms with E-state index in [0.717, 1.165) is 6.54 Å². The molecule has 2 nitrogen and oxygen atoms in total. The summed E-state index contributed by atoms with van der Waals surface area (Å²) in [5.41, 5.74) is 2.46. The molecule has 0 N–H and O–H groups in total. The molecule has 1 aromatic carbocycles. The number of anilines is 1. The van der Waals surface area contributed by atoms with E-state index in [0.29, 0.717) is 18.7 Å². The van der Waals surface area contributed by atoms with Crippen molar-refractivity contribution in [1.82, 2.24) is 0 Å². The second-order valence-corrected chi connectivity index (χ2v) is 4.89. The third-order valence-electron chi connectivity index (χ3n) is 2.54. The Balaban J connectivity index is 2.31. The van der Waals surface area contributed by atoms with Crippen molar-refractivity contribution in [2.45, 2.75) is 13.3 Å². The molecular formula is C11H12INO. The average Bonchev–Trinajstić information content (AvgIpc) is 2.56. The molecule has 1 aliphatic heterocycles. The highest BCUT2D eigenvalue weighted by Crippen LogP contribution is 2.24. The van der Waals surface area contributed by atoms with Crippen molar-refractivity contribution in [1.29, 1.82) is 0 Å². The number of aryl methyl sites for hydroxylation is 1. The zero-order chi connectivity index (χ0) is 10.1. The molecule has 0 unspecified atom stereocenters. The maximum absolute atomic E-state index is 11.2. The standard InChI is InChI=1S/C11H12INO/c1-8-2-3-9(12)6-11(8)13-5-4-10(14)7-13/h2-3,6H,4-5,7H2,1H3. The van der Waals surface area contributed by atoms with E-state index in [1.54, 1.807) is 0 Å². The van der Waals surface area contributed by atoms with Gasteiger partial charge in [-0.3, -0.25) is 4.79 Å². The van der Waals surface area contributed by atoms with E-state index < -0.39 is 0 Å². The molecule has 3 heteroatoms. The predicted octanol–water partition coefficient (Wildman–Crippen LogP) is 2.38. The van der Waals surface area contributed by atoms with Gasteiger partial charge in [0.1, 0.15) is 0 Å². The molecule has 2 rings (SSSR count). The molecule has 74 valence electrons. The first-order valence-electron chi connectivity index (χ1n) is 4.69. The molecule has 1 heterocycles. The van der Waals surface area contributed by atoms with Gasteiger partial charge in [0.05, 0.1) is 6.54 Å². The summed E-state index contributed by atoms with van der Waals surface area (Å²) >= 11 is 2.30. The van der Waals surface area contributed by atoms with E-state index in [1.807, 2.05) is 0 Å². The smallest absolute Gasteiger partial charge is 0.153 e. The van der Waals surface area contributed by atoms with E-state index in [4.69, 9.17) is 0 Å². The van der Waals surface area contributed by atoms with Crippen LogP contribution < -0.4 is 4.90 Å². The van der Waals surface area contributed by atoms with Gasteiger partial charge in [0.25, 0.3) is 0 Å². The Morgan fingerprint density at radius 1 is 1.43 bits per heavy atom. The minimum absolute atomic E-state index is 0.350. The SMILES string of the molecule is Cc1ccc(I)cc1N1CCC(=O)C1. The monoisotopic (exact) mass is 301 g/mol. The molecule has 1 fully saturated rings. The third-order valence-corrected chi connectivity index (χ3v) is 3.21. The molecule has 1 saturated heterocycles. The molecule has 0 amide bonds. The Morgan fingerprint density at radius 2 is 2.21 bits per heavy atom. The Labute approximate surface area is 97.4 Å². The fourth-order valence-electron chi connectivity index (χ4n) is 1.76. The molecule has 0 atom stereocenters. The van der Waals surface area contributed by atoms with Crippen molar-refractivity contribution in [3.05, 3.63) is 27.3 Å². The minimum Gasteiger partial charge on any atom is -0.364 e. The summed E-state index contributed by atoms with van der Waals surface area (Å²) in [5, 5.41) is 0. The van der Waals surface area contributed by atoms with Gasteiger partial charge in [0.15, 0.2) is 5.78 Å². The van der Waals surface area contributed by atoms with Crippen LogP contribution in [0.1, 0.15) is 12.0 Å². The molecular weight excluding hydrogens is 289 g/mol. The van der Waals surface area contributed by atoms with Crippen LogP contribution >= 0.6 is 22.6 Å². The van der Waals surface area contributed by atoms with Crippen molar-refractivity contribution in [3.8, 4) is 0 Å². The number of Topliss-reactive ketones (excluding diaryl/α,β-unsaturated/α-hetero) is 1. The van der Waals surface area contributed by atoms with Gasteiger partial charge in [-0.15, -0.1) is 0 Å². The minimum atomic E-state index is 0.350. The molecule has 0 aliphatic carbocycles. The van der Waals surface area contributed by atoms with Gasteiger partial charge in [-0.1, -0.05) is 6.07 Å². The molecule has 14 heavy (non-hydrogen) atoms. The van der Waals surface area contributed by atoms with Gasteiger partial charge in [0.2, 0.25) is 0 Å². The first kappa shape index (κ1) is 9.96. The quantitative estimate of drug-likeness (QED) is 0.742. The summed E-state index contributed by atoms with van der Waals surface area (Å²) in [6.07, 6.45) is 0.699. The highest BCUT2D eigenvalue weighted by atomic mass is 127. The molecule has 0 aromatic heterocycles. The normalized spacial score (nSPS) is 16.4. The summed E-state index contributed by atoms with van der Waals surface area (Å²) < 4.78 is 1.22. The van der Waals surface area contributed by atoms with Crippen molar-refractivity contribution in [2.75, 3.05) is 18.0 Å². The van der Waals surface area contributed by atoms with Crippen LogP contribution in [-0.2, 0) is 4.79 Å². The van der Waals surface area contributed by atoms with E-state index in [9.17, 15) is 4.79 Å². The number of benzene rings is 1. The number of hydrogen-bond acceptors (Lipinski definition) is 2.